The van der Waals surface area contributed by atoms with E-state index in [1.807, 2.05) is 13.8 Å². The van der Waals surface area contributed by atoms with Gasteiger partial charge in [-0.1, -0.05) is 22.0 Å². The summed E-state index contributed by atoms with van der Waals surface area (Å²) in [5.41, 5.74) is 2.40. The van der Waals surface area contributed by atoms with Crippen molar-refractivity contribution in [3.05, 3.63) is 69.7 Å². The van der Waals surface area contributed by atoms with Gasteiger partial charge in [0.25, 0.3) is 11.8 Å². The van der Waals surface area contributed by atoms with E-state index in [9.17, 15) is 14.4 Å². The number of ether oxygens (including phenoxy) is 2. The maximum atomic E-state index is 13.2. The van der Waals surface area contributed by atoms with Gasteiger partial charge in [0.1, 0.15) is 5.57 Å². The molecule has 166 valence electrons. The van der Waals surface area contributed by atoms with E-state index in [4.69, 9.17) is 9.47 Å². The number of allylic oxidation sites excluding steroid dienone is 1. The summed E-state index contributed by atoms with van der Waals surface area (Å²) in [6.45, 7) is 7.93. The summed E-state index contributed by atoms with van der Waals surface area (Å²) in [4.78, 5) is 39.1. The predicted octanol–water partition coefficient (Wildman–Crippen LogP) is 4.56. The van der Waals surface area contributed by atoms with Crippen LogP contribution in [-0.4, -0.2) is 31.6 Å². The lowest BCUT2D eigenvalue weighted by molar-refractivity contribution is -0.122. The Kier molecular flexibility index (Phi) is 7.15. The molecule has 1 aliphatic rings. The minimum absolute atomic E-state index is 0.166. The third kappa shape index (κ3) is 4.60. The maximum absolute atomic E-state index is 13.2. The largest absolute Gasteiger partial charge is 0.493 e. The Balaban J connectivity index is 2.08. The Morgan fingerprint density at radius 3 is 2.56 bits per heavy atom. The molecule has 8 heteroatoms. The Labute approximate surface area is 194 Å². The second-order valence-corrected chi connectivity index (χ2v) is 7.88. The molecule has 1 aliphatic heterocycles. The van der Waals surface area contributed by atoms with Crippen LogP contribution in [0.2, 0.25) is 0 Å². The van der Waals surface area contributed by atoms with Crippen molar-refractivity contribution in [2.24, 2.45) is 0 Å². The molecule has 1 heterocycles. The van der Waals surface area contributed by atoms with Crippen LogP contribution < -0.4 is 19.7 Å². The summed E-state index contributed by atoms with van der Waals surface area (Å²) in [5, 5.41) is 2.24. The van der Waals surface area contributed by atoms with Gasteiger partial charge in [0.2, 0.25) is 0 Å². The number of methoxy groups -OCH3 is 1. The fourth-order valence-corrected chi connectivity index (χ4v) is 3.61. The molecule has 0 bridgehead atoms. The highest BCUT2D eigenvalue weighted by Crippen LogP contribution is 2.35. The van der Waals surface area contributed by atoms with Gasteiger partial charge >= 0.3 is 6.03 Å². The van der Waals surface area contributed by atoms with Gasteiger partial charge in [-0.15, -0.1) is 6.58 Å². The van der Waals surface area contributed by atoms with Crippen LogP contribution in [0, 0.1) is 6.92 Å². The van der Waals surface area contributed by atoms with Crippen LogP contribution in [0.25, 0.3) is 6.08 Å². The zero-order valence-electron chi connectivity index (χ0n) is 18.0. The molecule has 3 rings (SSSR count). The van der Waals surface area contributed by atoms with Crippen molar-refractivity contribution in [2.75, 3.05) is 18.6 Å². The summed E-state index contributed by atoms with van der Waals surface area (Å²) in [5.74, 6) is -0.418. The number of aryl methyl sites for hydroxylation is 1. The van der Waals surface area contributed by atoms with E-state index in [1.165, 1.54) is 13.2 Å². The molecule has 0 atom stereocenters. The lowest BCUT2D eigenvalue weighted by Gasteiger charge is -2.26. The fourth-order valence-electron chi connectivity index (χ4n) is 3.36. The highest BCUT2D eigenvalue weighted by molar-refractivity contribution is 9.10. The number of rotatable bonds is 7. The number of anilines is 1. The summed E-state index contributed by atoms with van der Waals surface area (Å²) in [6, 6.07) is 7.74. The quantitative estimate of drug-likeness (QED) is 0.343. The molecule has 4 amide bonds. The first-order valence-corrected chi connectivity index (χ1v) is 10.7. The van der Waals surface area contributed by atoms with Gasteiger partial charge in [-0.2, -0.15) is 0 Å². The van der Waals surface area contributed by atoms with Crippen LogP contribution in [-0.2, 0) is 16.0 Å². The minimum atomic E-state index is -0.796. The highest BCUT2D eigenvalue weighted by Gasteiger charge is 2.37. The molecule has 0 radical (unpaired) electrons. The molecule has 1 saturated heterocycles. The van der Waals surface area contributed by atoms with Gasteiger partial charge in [-0.25, -0.2) is 9.69 Å². The van der Waals surface area contributed by atoms with Crippen molar-refractivity contribution in [1.82, 2.24) is 5.32 Å². The maximum Gasteiger partial charge on any atom is 0.335 e. The van der Waals surface area contributed by atoms with E-state index < -0.39 is 17.8 Å². The average Bonchev–Trinajstić information content (AvgIpc) is 2.75. The van der Waals surface area contributed by atoms with Crippen LogP contribution in [0.4, 0.5) is 10.5 Å². The summed E-state index contributed by atoms with van der Waals surface area (Å²) < 4.78 is 12.0. The van der Waals surface area contributed by atoms with Gasteiger partial charge in [-0.3, -0.25) is 14.9 Å². The topological polar surface area (TPSA) is 84.9 Å². The number of urea groups is 1. The second kappa shape index (κ2) is 9.82. The van der Waals surface area contributed by atoms with Crippen molar-refractivity contribution in [3.63, 3.8) is 0 Å². The summed E-state index contributed by atoms with van der Waals surface area (Å²) in [6.07, 6.45) is 3.67. The van der Waals surface area contributed by atoms with E-state index in [0.717, 1.165) is 20.5 Å². The molecule has 0 aromatic heterocycles. The number of hydrogen-bond donors (Lipinski definition) is 1. The number of nitrogens with zero attached hydrogens (tertiary/aromatic N) is 1. The van der Waals surface area contributed by atoms with Crippen LogP contribution in [0.15, 0.2) is 53.0 Å². The van der Waals surface area contributed by atoms with Crippen LogP contribution in [0.5, 0.6) is 11.5 Å². The van der Waals surface area contributed by atoms with Crippen molar-refractivity contribution in [3.8, 4) is 11.5 Å². The monoisotopic (exact) mass is 498 g/mol. The smallest absolute Gasteiger partial charge is 0.335 e. The van der Waals surface area contributed by atoms with E-state index in [1.54, 1.807) is 36.4 Å². The number of nitrogens with one attached hydrogen (secondary N) is 1. The number of imide groups is 2. The molecule has 1 N–H and O–H groups in total. The third-order valence-corrected chi connectivity index (χ3v) is 5.73. The Hall–Kier alpha value is -3.39. The standard InChI is InChI=1S/C24H23BrN2O5/c1-5-7-16-11-15(13-20(31-4)21(16)32-6-2)12-18-22(28)26-24(30)27(23(18)29)17-8-9-19(25)14(3)10-17/h5,8-13H,1,6-7H2,2-4H3,(H,26,28,30)/b18-12+. The third-order valence-electron chi connectivity index (χ3n) is 4.84. The van der Waals surface area contributed by atoms with Gasteiger partial charge in [-0.05, 0) is 67.8 Å². The van der Waals surface area contributed by atoms with Gasteiger partial charge in [0.05, 0.1) is 19.4 Å². The van der Waals surface area contributed by atoms with E-state index >= 15 is 0 Å². The molecule has 7 nitrogen and oxygen atoms in total. The van der Waals surface area contributed by atoms with Gasteiger partial charge in [0.15, 0.2) is 11.5 Å². The molecule has 2 aromatic carbocycles. The van der Waals surface area contributed by atoms with Crippen molar-refractivity contribution in [1.29, 1.82) is 0 Å². The average molecular weight is 499 g/mol. The number of carbonyl (C=O) groups is 3. The van der Waals surface area contributed by atoms with Crippen LogP contribution >= 0.6 is 15.9 Å². The Morgan fingerprint density at radius 1 is 1.19 bits per heavy atom. The van der Waals surface area contributed by atoms with E-state index in [0.29, 0.717) is 35.8 Å². The highest BCUT2D eigenvalue weighted by atomic mass is 79.9. The minimum Gasteiger partial charge on any atom is -0.493 e. The summed E-state index contributed by atoms with van der Waals surface area (Å²) in [7, 11) is 1.52. The van der Waals surface area contributed by atoms with Crippen molar-refractivity contribution in [2.45, 2.75) is 20.3 Å². The second-order valence-electron chi connectivity index (χ2n) is 7.03. The molecule has 0 spiro atoms. The van der Waals surface area contributed by atoms with E-state index in [2.05, 4.69) is 27.8 Å². The molecule has 0 unspecified atom stereocenters. The first-order chi connectivity index (χ1) is 15.3. The number of benzene rings is 2. The lowest BCUT2D eigenvalue weighted by Crippen LogP contribution is -2.54. The molecular formula is C24H23BrN2O5. The first kappa shape index (κ1) is 23.3. The molecule has 0 saturated carbocycles. The number of barbiturate groups is 1. The lowest BCUT2D eigenvalue weighted by atomic mass is 10.0. The SMILES string of the molecule is C=CCc1cc(/C=C2\C(=O)NC(=O)N(c3ccc(Br)c(C)c3)C2=O)cc(OC)c1OCC. The molecule has 32 heavy (non-hydrogen) atoms. The predicted molar refractivity (Wildman–Crippen MR) is 126 cm³/mol. The van der Waals surface area contributed by atoms with Crippen LogP contribution in [0.1, 0.15) is 23.6 Å². The van der Waals surface area contributed by atoms with Gasteiger partial charge < -0.3 is 9.47 Å². The summed E-state index contributed by atoms with van der Waals surface area (Å²) >= 11 is 3.40. The van der Waals surface area contributed by atoms with Crippen molar-refractivity contribution >= 4 is 45.5 Å². The Bertz CT molecular complexity index is 1140. The van der Waals surface area contributed by atoms with E-state index in [-0.39, 0.29) is 5.57 Å². The Morgan fingerprint density at radius 2 is 1.94 bits per heavy atom. The zero-order chi connectivity index (χ0) is 23.4. The van der Waals surface area contributed by atoms with Crippen LogP contribution in [0.3, 0.4) is 0 Å². The fraction of sp³-hybridized carbons (Fsp3) is 0.208. The first-order valence-electron chi connectivity index (χ1n) is 9.92. The van der Waals surface area contributed by atoms with Crippen molar-refractivity contribution < 1.29 is 23.9 Å². The number of hydrogen-bond acceptors (Lipinski definition) is 5. The normalized spacial score (nSPS) is 15.1. The molecule has 1 fully saturated rings. The number of halogens is 1. The zero-order valence-corrected chi connectivity index (χ0v) is 19.6. The molecule has 2 aromatic rings. The number of carbonyl (C=O) groups excluding carboxylic acids is 3. The molecular weight excluding hydrogens is 476 g/mol. The number of amides is 4. The van der Waals surface area contributed by atoms with Gasteiger partial charge in [0, 0.05) is 10.0 Å². The molecule has 0 aliphatic carbocycles.